The molecule has 0 spiro atoms. The Hall–Kier alpha value is -1.25. The second kappa shape index (κ2) is 5.81. The Kier molecular flexibility index (Phi) is 4.33. The highest BCUT2D eigenvalue weighted by Gasteiger charge is 2.44. The number of benzene rings is 1. The quantitative estimate of drug-likeness (QED) is 0.564. The molecule has 19 heavy (non-hydrogen) atoms. The molecule has 1 heterocycles. The van der Waals surface area contributed by atoms with Crippen molar-refractivity contribution in [3.05, 3.63) is 30.1 Å². The second-order valence-corrected chi connectivity index (χ2v) is 4.27. The smallest absolute Gasteiger partial charge is 0.229 e. The van der Waals surface area contributed by atoms with Crippen LogP contribution in [-0.2, 0) is 4.74 Å². The fourth-order valence-corrected chi connectivity index (χ4v) is 1.81. The maximum atomic E-state index is 12.7. The van der Waals surface area contributed by atoms with Gasteiger partial charge in [-0.3, -0.25) is 0 Å². The van der Waals surface area contributed by atoms with Gasteiger partial charge in [-0.05, 0) is 24.3 Å². The molecule has 4 N–H and O–H groups in total. The van der Waals surface area contributed by atoms with E-state index in [2.05, 4.69) is 0 Å². The van der Waals surface area contributed by atoms with Crippen molar-refractivity contribution in [2.45, 2.75) is 30.7 Å². The summed E-state index contributed by atoms with van der Waals surface area (Å²) in [7, 11) is 0. The predicted molar refractivity (Wildman–Crippen MR) is 60.8 cm³/mol. The van der Waals surface area contributed by atoms with Crippen LogP contribution in [0.25, 0.3) is 0 Å². The Bertz CT molecular complexity index is 409. The monoisotopic (exact) mass is 274 g/mol. The van der Waals surface area contributed by atoms with Gasteiger partial charge in [0, 0.05) is 0 Å². The van der Waals surface area contributed by atoms with E-state index in [-0.39, 0.29) is 5.75 Å². The number of halogens is 1. The molecule has 0 aliphatic carbocycles. The van der Waals surface area contributed by atoms with Crippen molar-refractivity contribution in [2.24, 2.45) is 0 Å². The van der Waals surface area contributed by atoms with E-state index >= 15 is 0 Å². The molecular weight excluding hydrogens is 259 g/mol. The number of hydrogen-bond donors (Lipinski definition) is 4. The molecule has 1 aliphatic heterocycles. The molecule has 6 nitrogen and oxygen atoms in total. The molecule has 1 aromatic rings. The topological polar surface area (TPSA) is 99.4 Å². The molecule has 2 rings (SSSR count). The Morgan fingerprint density at radius 3 is 2.26 bits per heavy atom. The van der Waals surface area contributed by atoms with E-state index in [1.54, 1.807) is 0 Å². The van der Waals surface area contributed by atoms with Crippen LogP contribution in [0, 0.1) is 5.82 Å². The van der Waals surface area contributed by atoms with Gasteiger partial charge in [0.15, 0.2) is 0 Å². The van der Waals surface area contributed by atoms with Gasteiger partial charge in [0.25, 0.3) is 0 Å². The largest absolute Gasteiger partial charge is 0.462 e. The van der Waals surface area contributed by atoms with Gasteiger partial charge in [0.2, 0.25) is 6.29 Å². The van der Waals surface area contributed by atoms with Gasteiger partial charge in [-0.1, -0.05) is 0 Å². The van der Waals surface area contributed by atoms with Crippen LogP contribution in [0.4, 0.5) is 4.39 Å². The van der Waals surface area contributed by atoms with Crippen LogP contribution in [0.2, 0.25) is 0 Å². The van der Waals surface area contributed by atoms with E-state index in [1.807, 2.05) is 0 Å². The van der Waals surface area contributed by atoms with Gasteiger partial charge < -0.3 is 29.9 Å². The minimum Gasteiger partial charge on any atom is -0.462 e. The number of aliphatic hydroxyl groups excluding tert-OH is 4. The van der Waals surface area contributed by atoms with Gasteiger partial charge >= 0.3 is 0 Å². The summed E-state index contributed by atoms with van der Waals surface area (Å²) in [5, 5.41) is 37.9. The van der Waals surface area contributed by atoms with Crippen LogP contribution < -0.4 is 4.74 Å². The van der Waals surface area contributed by atoms with E-state index in [0.717, 1.165) is 0 Å². The Labute approximate surface area is 108 Å². The molecule has 7 heteroatoms. The molecule has 0 bridgehead atoms. The van der Waals surface area contributed by atoms with Gasteiger partial charge in [-0.2, -0.15) is 0 Å². The van der Waals surface area contributed by atoms with E-state index in [4.69, 9.17) is 14.6 Å². The maximum absolute atomic E-state index is 12.7. The summed E-state index contributed by atoms with van der Waals surface area (Å²) < 4.78 is 23.1. The van der Waals surface area contributed by atoms with Crippen LogP contribution in [-0.4, -0.2) is 57.7 Å². The molecule has 0 aromatic heterocycles. The summed E-state index contributed by atoms with van der Waals surface area (Å²) in [6.45, 7) is -0.534. The normalized spacial score (nSPS) is 35.1. The lowest BCUT2D eigenvalue weighted by atomic mass is 9.99. The van der Waals surface area contributed by atoms with Gasteiger partial charge in [0.05, 0.1) is 6.61 Å². The number of aliphatic hydroxyl groups is 4. The first-order chi connectivity index (χ1) is 9.02. The Morgan fingerprint density at radius 2 is 1.68 bits per heavy atom. The van der Waals surface area contributed by atoms with Crippen molar-refractivity contribution in [3.63, 3.8) is 0 Å². The second-order valence-electron chi connectivity index (χ2n) is 4.27. The lowest BCUT2D eigenvalue weighted by molar-refractivity contribution is -0.277. The molecule has 1 aromatic carbocycles. The van der Waals surface area contributed by atoms with E-state index < -0.39 is 43.1 Å². The molecule has 106 valence electrons. The fourth-order valence-electron chi connectivity index (χ4n) is 1.81. The van der Waals surface area contributed by atoms with E-state index in [1.165, 1.54) is 24.3 Å². The van der Waals surface area contributed by atoms with Crippen LogP contribution >= 0.6 is 0 Å². The van der Waals surface area contributed by atoms with Crippen molar-refractivity contribution in [1.29, 1.82) is 0 Å². The third kappa shape index (κ3) is 3.02. The fraction of sp³-hybridized carbons (Fsp3) is 0.500. The minimum atomic E-state index is -1.50. The molecular formula is C12H15FO6. The van der Waals surface area contributed by atoms with Crippen molar-refractivity contribution >= 4 is 0 Å². The zero-order chi connectivity index (χ0) is 14.0. The number of rotatable bonds is 3. The SMILES string of the molecule is OC[C@H]1O[C@H](Oc2ccc(F)cc2)[C@H](O)[C@@H](O)[C@H]1O. The molecule has 0 radical (unpaired) electrons. The first-order valence-electron chi connectivity index (χ1n) is 5.75. The summed E-state index contributed by atoms with van der Waals surface area (Å²) in [6.07, 6.45) is -6.72. The van der Waals surface area contributed by atoms with Crippen LogP contribution in [0.3, 0.4) is 0 Å². The average Bonchev–Trinajstić information content (AvgIpc) is 2.42. The zero-order valence-electron chi connectivity index (χ0n) is 9.89. The summed E-state index contributed by atoms with van der Waals surface area (Å²) in [4.78, 5) is 0. The first-order valence-corrected chi connectivity index (χ1v) is 5.75. The molecule has 1 saturated heterocycles. The molecule has 1 fully saturated rings. The third-order valence-electron chi connectivity index (χ3n) is 2.91. The molecule has 0 amide bonds. The first kappa shape index (κ1) is 14.2. The van der Waals surface area contributed by atoms with Gasteiger partial charge in [-0.25, -0.2) is 4.39 Å². The summed E-state index contributed by atoms with van der Waals surface area (Å²) >= 11 is 0. The van der Waals surface area contributed by atoms with Crippen LogP contribution in [0.15, 0.2) is 24.3 Å². The van der Waals surface area contributed by atoms with Crippen LogP contribution in [0.5, 0.6) is 5.75 Å². The van der Waals surface area contributed by atoms with Crippen molar-refractivity contribution in [2.75, 3.05) is 6.61 Å². The highest BCUT2D eigenvalue weighted by Crippen LogP contribution is 2.24. The highest BCUT2D eigenvalue weighted by molar-refractivity contribution is 5.22. The average molecular weight is 274 g/mol. The molecule has 5 atom stereocenters. The number of ether oxygens (including phenoxy) is 2. The predicted octanol–water partition coefficient (Wildman–Crippen LogP) is -0.996. The Morgan fingerprint density at radius 1 is 1.05 bits per heavy atom. The zero-order valence-corrected chi connectivity index (χ0v) is 9.89. The lowest BCUT2D eigenvalue weighted by Crippen LogP contribution is -2.60. The maximum Gasteiger partial charge on any atom is 0.229 e. The Balaban J connectivity index is 2.08. The van der Waals surface area contributed by atoms with E-state index in [0.29, 0.717) is 0 Å². The van der Waals surface area contributed by atoms with Gasteiger partial charge in [0.1, 0.15) is 36.0 Å². The third-order valence-corrected chi connectivity index (χ3v) is 2.91. The summed E-state index contributed by atoms with van der Waals surface area (Å²) in [6, 6.07) is 4.99. The van der Waals surface area contributed by atoms with E-state index in [9.17, 15) is 19.7 Å². The summed E-state index contributed by atoms with van der Waals surface area (Å²) in [5.74, 6) is -0.216. The lowest BCUT2D eigenvalue weighted by Gasteiger charge is -2.39. The standard InChI is InChI=1S/C12H15FO6/c13-6-1-3-7(4-2-6)18-12-11(17)10(16)9(15)8(5-14)19-12/h1-4,8-12,14-17H,5H2/t8-,9+,10+,11-,12+/m1/s1. The number of hydrogen-bond acceptors (Lipinski definition) is 6. The van der Waals surface area contributed by atoms with Crippen molar-refractivity contribution < 1.29 is 34.3 Å². The van der Waals surface area contributed by atoms with Crippen molar-refractivity contribution in [3.8, 4) is 5.75 Å². The molecule has 0 unspecified atom stereocenters. The highest BCUT2D eigenvalue weighted by atomic mass is 19.1. The van der Waals surface area contributed by atoms with Crippen LogP contribution in [0.1, 0.15) is 0 Å². The minimum absolute atomic E-state index is 0.228. The van der Waals surface area contributed by atoms with Crippen molar-refractivity contribution in [1.82, 2.24) is 0 Å². The van der Waals surface area contributed by atoms with Gasteiger partial charge in [-0.15, -0.1) is 0 Å². The summed E-state index contributed by atoms with van der Waals surface area (Å²) in [5.41, 5.74) is 0. The molecule has 1 aliphatic rings. The molecule has 0 saturated carbocycles.